The zero-order valence-electron chi connectivity index (χ0n) is 14.1. The maximum atomic E-state index is 12.5. The van der Waals surface area contributed by atoms with Crippen LogP contribution in [0.2, 0.25) is 0 Å². The Morgan fingerprint density at radius 3 is 2.46 bits per heavy atom. The summed E-state index contributed by atoms with van der Waals surface area (Å²) in [4.78, 5) is 2.65. The Kier molecular flexibility index (Phi) is 5.03. The van der Waals surface area contributed by atoms with Gasteiger partial charge in [-0.15, -0.1) is 0 Å². The molecule has 7 heteroatoms. The van der Waals surface area contributed by atoms with Gasteiger partial charge in [-0.2, -0.15) is 5.10 Å². The Bertz CT molecular complexity index is 778. The number of piperidine rings is 1. The van der Waals surface area contributed by atoms with Crippen LogP contribution in [0.25, 0.3) is 0 Å². The fourth-order valence-electron chi connectivity index (χ4n) is 3.08. The Labute approximate surface area is 143 Å². The molecule has 0 amide bonds. The summed E-state index contributed by atoms with van der Waals surface area (Å²) in [7, 11) is -1.75. The fourth-order valence-corrected chi connectivity index (χ4v) is 4.58. The topological polar surface area (TPSA) is 67.2 Å². The number of sulfonamides is 1. The van der Waals surface area contributed by atoms with E-state index in [4.69, 9.17) is 0 Å². The monoisotopic (exact) mass is 348 g/mol. The Morgan fingerprint density at radius 1 is 1.21 bits per heavy atom. The van der Waals surface area contributed by atoms with Gasteiger partial charge in [-0.25, -0.2) is 13.1 Å². The van der Waals surface area contributed by atoms with E-state index in [0.717, 1.165) is 32.5 Å². The molecule has 0 unspecified atom stereocenters. The number of nitrogens with one attached hydrogen (secondary N) is 1. The van der Waals surface area contributed by atoms with Gasteiger partial charge in [0.2, 0.25) is 10.0 Å². The van der Waals surface area contributed by atoms with E-state index in [1.807, 2.05) is 18.2 Å². The average Bonchev–Trinajstić information content (AvgIpc) is 2.90. The third-order valence-corrected chi connectivity index (χ3v) is 6.26. The summed E-state index contributed by atoms with van der Waals surface area (Å²) >= 11 is 0. The van der Waals surface area contributed by atoms with Crippen molar-refractivity contribution in [1.82, 2.24) is 19.4 Å². The first-order valence-electron chi connectivity index (χ1n) is 8.23. The molecule has 0 radical (unpaired) electrons. The van der Waals surface area contributed by atoms with Crippen molar-refractivity contribution in [2.75, 3.05) is 13.1 Å². The number of hydrogen-bond donors (Lipinski definition) is 1. The minimum absolute atomic E-state index is 0.0124. The molecule has 3 rings (SSSR count). The van der Waals surface area contributed by atoms with E-state index in [9.17, 15) is 8.42 Å². The highest BCUT2D eigenvalue weighted by Crippen LogP contribution is 2.18. The number of rotatable bonds is 5. The van der Waals surface area contributed by atoms with E-state index < -0.39 is 10.0 Å². The van der Waals surface area contributed by atoms with Gasteiger partial charge < -0.3 is 0 Å². The lowest BCUT2D eigenvalue weighted by atomic mass is 10.1. The molecule has 0 saturated carbocycles. The normalized spacial score (nSPS) is 17.2. The SMILES string of the molecule is Cc1c(S(=O)(=O)NC2CCN(Cc3ccccc3)CC2)cnn1C. The quantitative estimate of drug-likeness (QED) is 0.893. The molecular formula is C17H24N4O2S. The summed E-state index contributed by atoms with van der Waals surface area (Å²) in [5.41, 5.74) is 1.95. The highest BCUT2D eigenvalue weighted by molar-refractivity contribution is 7.89. The first-order chi connectivity index (χ1) is 11.5. The minimum Gasteiger partial charge on any atom is -0.299 e. The van der Waals surface area contributed by atoms with Gasteiger partial charge in [0.05, 0.1) is 11.9 Å². The molecular weight excluding hydrogens is 324 g/mol. The summed E-state index contributed by atoms with van der Waals surface area (Å²) in [5.74, 6) is 0. The molecule has 0 atom stereocenters. The largest absolute Gasteiger partial charge is 0.299 e. The van der Waals surface area contributed by atoms with Gasteiger partial charge in [0.15, 0.2) is 0 Å². The zero-order valence-corrected chi connectivity index (χ0v) is 15.0. The number of aromatic nitrogens is 2. The molecule has 1 aromatic carbocycles. The lowest BCUT2D eigenvalue weighted by Crippen LogP contribution is -2.44. The Balaban J connectivity index is 1.56. The molecule has 0 spiro atoms. The molecule has 130 valence electrons. The standard InChI is InChI=1S/C17H24N4O2S/c1-14-17(12-18-20(14)2)24(22,23)19-16-8-10-21(11-9-16)13-15-6-4-3-5-7-15/h3-7,12,16,19H,8-11,13H2,1-2H3. The van der Waals surface area contributed by atoms with E-state index in [1.165, 1.54) is 11.8 Å². The van der Waals surface area contributed by atoms with E-state index in [-0.39, 0.29) is 10.9 Å². The number of aryl methyl sites for hydroxylation is 1. The van der Waals surface area contributed by atoms with Crippen molar-refractivity contribution in [3.05, 3.63) is 47.8 Å². The molecule has 2 aromatic rings. The summed E-state index contributed by atoms with van der Waals surface area (Å²) in [6.45, 7) is 4.48. The highest BCUT2D eigenvalue weighted by atomic mass is 32.2. The van der Waals surface area contributed by atoms with Crippen molar-refractivity contribution in [2.24, 2.45) is 7.05 Å². The van der Waals surface area contributed by atoms with Crippen molar-refractivity contribution < 1.29 is 8.42 Å². The van der Waals surface area contributed by atoms with Crippen molar-refractivity contribution in [1.29, 1.82) is 0 Å². The highest BCUT2D eigenvalue weighted by Gasteiger charge is 2.26. The van der Waals surface area contributed by atoms with Gasteiger partial charge in [-0.3, -0.25) is 9.58 Å². The van der Waals surface area contributed by atoms with Gasteiger partial charge in [-0.05, 0) is 25.3 Å². The molecule has 1 fully saturated rings. The minimum atomic E-state index is -3.50. The summed E-state index contributed by atoms with van der Waals surface area (Å²) < 4.78 is 29.5. The average molecular weight is 348 g/mol. The third-order valence-electron chi connectivity index (χ3n) is 4.64. The van der Waals surface area contributed by atoms with Crippen molar-refractivity contribution in [2.45, 2.75) is 37.2 Å². The molecule has 1 aromatic heterocycles. The van der Waals surface area contributed by atoms with Gasteiger partial charge in [0.25, 0.3) is 0 Å². The lowest BCUT2D eigenvalue weighted by molar-refractivity contribution is 0.200. The van der Waals surface area contributed by atoms with Crippen LogP contribution in [0.3, 0.4) is 0 Å². The third kappa shape index (κ3) is 3.85. The van der Waals surface area contributed by atoms with E-state index in [0.29, 0.717) is 5.69 Å². The Hall–Kier alpha value is -1.70. The second kappa shape index (κ2) is 7.04. The maximum absolute atomic E-state index is 12.5. The molecule has 1 aliphatic rings. The molecule has 24 heavy (non-hydrogen) atoms. The van der Waals surface area contributed by atoms with Gasteiger partial charge in [-0.1, -0.05) is 30.3 Å². The molecule has 1 aliphatic heterocycles. The van der Waals surface area contributed by atoms with Crippen LogP contribution in [0.15, 0.2) is 41.4 Å². The van der Waals surface area contributed by atoms with Crippen LogP contribution in [0.1, 0.15) is 24.1 Å². The molecule has 2 heterocycles. The molecule has 6 nitrogen and oxygen atoms in total. The van der Waals surface area contributed by atoms with E-state index in [1.54, 1.807) is 18.7 Å². The summed E-state index contributed by atoms with van der Waals surface area (Å²) in [6.07, 6.45) is 3.07. The molecule has 1 saturated heterocycles. The van der Waals surface area contributed by atoms with Crippen LogP contribution in [0, 0.1) is 6.92 Å². The predicted octanol–water partition coefficient (Wildman–Crippen LogP) is 1.67. The molecule has 0 bridgehead atoms. The maximum Gasteiger partial charge on any atom is 0.244 e. The van der Waals surface area contributed by atoms with Gasteiger partial charge in [0, 0.05) is 32.7 Å². The second-order valence-corrected chi connectivity index (χ2v) is 8.06. The number of nitrogens with zero attached hydrogens (tertiary/aromatic N) is 3. The van der Waals surface area contributed by atoms with Gasteiger partial charge in [0.1, 0.15) is 4.90 Å². The smallest absolute Gasteiger partial charge is 0.244 e. The van der Waals surface area contributed by atoms with Gasteiger partial charge >= 0.3 is 0 Å². The first-order valence-corrected chi connectivity index (χ1v) is 9.71. The predicted molar refractivity (Wildman–Crippen MR) is 93.0 cm³/mol. The lowest BCUT2D eigenvalue weighted by Gasteiger charge is -2.32. The second-order valence-electron chi connectivity index (χ2n) is 6.38. The number of benzene rings is 1. The van der Waals surface area contributed by atoms with Crippen LogP contribution < -0.4 is 4.72 Å². The van der Waals surface area contributed by atoms with Crippen LogP contribution >= 0.6 is 0 Å². The Morgan fingerprint density at radius 2 is 1.88 bits per heavy atom. The molecule has 1 N–H and O–H groups in total. The fraction of sp³-hybridized carbons (Fsp3) is 0.471. The van der Waals surface area contributed by atoms with Crippen LogP contribution in [-0.2, 0) is 23.6 Å². The van der Waals surface area contributed by atoms with Crippen LogP contribution in [0.5, 0.6) is 0 Å². The van der Waals surface area contributed by atoms with Crippen molar-refractivity contribution in [3.8, 4) is 0 Å². The van der Waals surface area contributed by atoms with E-state index in [2.05, 4.69) is 26.9 Å². The van der Waals surface area contributed by atoms with Crippen molar-refractivity contribution >= 4 is 10.0 Å². The summed E-state index contributed by atoms with van der Waals surface area (Å²) in [6, 6.07) is 10.4. The number of likely N-dealkylation sites (tertiary alicyclic amines) is 1. The molecule has 0 aliphatic carbocycles. The zero-order chi connectivity index (χ0) is 17.2. The van der Waals surface area contributed by atoms with E-state index >= 15 is 0 Å². The van der Waals surface area contributed by atoms with Crippen LogP contribution in [0.4, 0.5) is 0 Å². The van der Waals surface area contributed by atoms with Crippen LogP contribution in [-0.4, -0.2) is 42.2 Å². The van der Waals surface area contributed by atoms with Crippen molar-refractivity contribution in [3.63, 3.8) is 0 Å². The first kappa shape index (κ1) is 17.1. The number of hydrogen-bond acceptors (Lipinski definition) is 4. The summed E-state index contributed by atoms with van der Waals surface area (Å²) in [5, 5.41) is 4.02.